The Morgan fingerprint density at radius 2 is 1.71 bits per heavy atom. The Labute approximate surface area is 86.7 Å². The SMILES string of the molecule is CCCCc1nc(C)oc1CCCC. The van der Waals surface area contributed by atoms with Gasteiger partial charge in [0, 0.05) is 13.3 Å². The Morgan fingerprint density at radius 3 is 2.36 bits per heavy atom. The molecule has 80 valence electrons. The fourth-order valence-corrected chi connectivity index (χ4v) is 1.58. The summed E-state index contributed by atoms with van der Waals surface area (Å²) in [5.74, 6) is 1.94. The molecule has 2 heteroatoms. The molecular formula is C12H21NO. The second-order valence-electron chi connectivity index (χ2n) is 3.81. The quantitative estimate of drug-likeness (QED) is 0.692. The Hall–Kier alpha value is -0.790. The highest BCUT2D eigenvalue weighted by molar-refractivity contribution is 5.10. The molecule has 0 aliphatic carbocycles. The van der Waals surface area contributed by atoms with Crippen molar-refractivity contribution < 1.29 is 4.42 Å². The molecule has 0 saturated heterocycles. The Morgan fingerprint density at radius 1 is 1.07 bits per heavy atom. The first kappa shape index (κ1) is 11.3. The van der Waals surface area contributed by atoms with Crippen LogP contribution in [0.2, 0.25) is 0 Å². The van der Waals surface area contributed by atoms with Gasteiger partial charge in [-0.2, -0.15) is 0 Å². The van der Waals surface area contributed by atoms with Crippen LogP contribution in [0.1, 0.15) is 56.9 Å². The maximum Gasteiger partial charge on any atom is 0.191 e. The van der Waals surface area contributed by atoms with Gasteiger partial charge in [0.2, 0.25) is 0 Å². The summed E-state index contributed by atoms with van der Waals surface area (Å²) in [6.07, 6.45) is 6.98. The van der Waals surface area contributed by atoms with Gasteiger partial charge in [0.1, 0.15) is 5.76 Å². The molecule has 1 aromatic heterocycles. The van der Waals surface area contributed by atoms with Crippen LogP contribution in [0.25, 0.3) is 0 Å². The molecule has 0 atom stereocenters. The van der Waals surface area contributed by atoms with E-state index in [0.29, 0.717) is 0 Å². The van der Waals surface area contributed by atoms with E-state index in [1.54, 1.807) is 0 Å². The highest BCUT2D eigenvalue weighted by Gasteiger charge is 2.09. The topological polar surface area (TPSA) is 26.0 Å². The maximum absolute atomic E-state index is 5.60. The zero-order chi connectivity index (χ0) is 10.4. The van der Waals surface area contributed by atoms with Gasteiger partial charge in [0.15, 0.2) is 5.89 Å². The summed E-state index contributed by atoms with van der Waals surface area (Å²) in [6, 6.07) is 0. The molecule has 1 rings (SSSR count). The van der Waals surface area contributed by atoms with Gasteiger partial charge in [-0.3, -0.25) is 0 Å². The number of aryl methyl sites for hydroxylation is 3. The predicted molar refractivity (Wildman–Crippen MR) is 58.5 cm³/mol. The van der Waals surface area contributed by atoms with Crippen molar-refractivity contribution in [2.75, 3.05) is 0 Å². The number of hydrogen-bond donors (Lipinski definition) is 0. The summed E-state index contributed by atoms with van der Waals surface area (Å²) in [5, 5.41) is 0. The van der Waals surface area contributed by atoms with E-state index in [4.69, 9.17) is 4.42 Å². The molecule has 2 nitrogen and oxygen atoms in total. The molecule has 0 unspecified atom stereocenters. The van der Waals surface area contributed by atoms with E-state index in [9.17, 15) is 0 Å². The molecule has 1 heterocycles. The first-order valence-electron chi connectivity index (χ1n) is 5.73. The van der Waals surface area contributed by atoms with Crippen molar-refractivity contribution in [3.05, 3.63) is 17.3 Å². The van der Waals surface area contributed by atoms with E-state index in [2.05, 4.69) is 18.8 Å². The number of rotatable bonds is 6. The van der Waals surface area contributed by atoms with Crippen molar-refractivity contribution in [1.82, 2.24) is 4.98 Å². The van der Waals surface area contributed by atoms with E-state index in [1.807, 2.05) is 6.92 Å². The third-order valence-corrected chi connectivity index (χ3v) is 2.41. The van der Waals surface area contributed by atoms with Gasteiger partial charge in [-0.25, -0.2) is 4.98 Å². The van der Waals surface area contributed by atoms with Crippen molar-refractivity contribution in [3.63, 3.8) is 0 Å². The van der Waals surface area contributed by atoms with Crippen LogP contribution in [0, 0.1) is 6.92 Å². The molecule has 0 bridgehead atoms. The molecular weight excluding hydrogens is 174 g/mol. The van der Waals surface area contributed by atoms with E-state index in [-0.39, 0.29) is 0 Å². The third-order valence-electron chi connectivity index (χ3n) is 2.41. The minimum atomic E-state index is 0.821. The van der Waals surface area contributed by atoms with Gasteiger partial charge >= 0.3 is 0 Å². The lowest BCUT2D eigenvalue weighted by molar-refractivity contribution is 0.465. The molecule has 0 fully saturated rings. The molecule has 0 aromatic carbocycles. The van der Waals surface area contributed by atoms with Crippen LogP contribution in [0.3, 0.4) is 0 Å². The molecule has 14 heavy (non-hydrogen) atoms. The van der Waals surface area contributed by atoms with Crippen molar-refractivity contribution in [3.8, 4) is 0 Å². The lowest BCUT2D eigenvalue weighted by Crippen LogP contribution is -1.92. The molecule has 0 amide bonds. The Kier molecular flexibility index (Phi) is 4.71. The van der Waals surface area contributed by atoms with Crippen molar-refractivity contribution in [2.45, 2.75) is 59.3 Å². The molecule has 0 N–H and O–H groups in total. The fraction of sp³-hybridized carbons (Fsp3) is 0.750. The van der Waals surface area contributed by atoms with Crippen LogP contribution in [0.4, 0.5) is 0 Å². The number of nitrogens with zero attached hydrogens (tertiary/aromatic N) is 1. The van der Waals surface area contributed by atoms with Crippen LogP contribution in [-0.2, 0) is 12.8 Å². The molecule has 1 aromatic rings. The lowest BCUT2D eigenvalue weighted by Gasteiger charge is -1.98. The third kappa shape index (κ3) is 3.17. The van der Waals surface area contributed by atoms with Crippen LogP contribution in [0.15, 0.2) is 4.42 Å². The average Bonchev–Trinajstić information content (AvgIpc) is 2.52. The number of oxazole rings is 1. The summed E-state index contributed by atoms with van der Waals surface area (Å²) in [7, 11) is 0. The van der Waals surface area contributed by atoms with Gasteiger partial charge in [0.25, 0.3) is 0 Å². The van der Waals surface area contributed by atoms with Gasteiger partial charge in [-0.15, -0.1) is 0 Å². The zero-order valence-corrected chi connectivity index (χ0v) is 9.60. The maximum atomic E-state index is 5.60. The predicted octanol–water partition coefficient (Wildman–Crippen LogP) is 3.67. The highest BCUT2D eigenvalue weighted by atomic mass is 16.4. The molecule has 0 saturated carbocycles. The Bertz CT molecular complexity index is 240. The summed E-state index contributed by atoms with van der Waals surface area (Å²) in [6.45, 7) is 6.35. The normalized spacial score (nSPS) is 10.8. The standard InChI is InChI=1S/C12H21NO/c1-4-6-8-11-12(9-7-5-2)14-10(3)13-11/h4-9H2,1-3H3. The minimum Gasteiger partial charge on any atom is -0.446 e. The zero-order valence-electron chi connectivity index (χ0n) is 9.60. The van der Waals surface area contributed by atoms with Crippen molar-refractivity contribution >= 4 is 0 Å². The highest BCUT2D eigenvalue weighted by Crippen LogP contribution is 2.15. The van der Waals surface area contributed by atoms with E-state index in [0.717, 1.165) is 24.5 Å². The van der Waals surface area contributed by atoms with Crippen molar-refractivity contribution in [1.29, 1.82) is 0 Å². The smallest absolute Gasteiger partial charge is 0.191 e. The summed E-state index contributed by atoms with van der Waals surface area (Å²) >= 11 is 0. The van der Waals surface area contributed by atoms with Crippen molar-refractivity contribution in [2.24, 2.45) is 0 Å². The number of aromatic nitrogens is 1. The van der Waals surface area contributed by atoms with E-state index >= 15 is 0 Å². The van der Waals surface area contributed by atoms with E-state index in [1.165, 1.54) is 31.4 Å². The number of unbranched alkanes of at least 4 members (excludes halogenated alkanes) is 2. The average molecular weight is 195 g/mol. The summed E-state index contributed by atoms with van der Waals surface area (Å²) in [5.41, 5.74) is 1.19. The molecule has 0 spiro atoms. The summed E-state index contributed by atoms with van der Waals surface area (Å²) in [4.78, 5) is 4.43. The summed E-state index contributed by atoms with van der Waals surface area (Å²) < 4.78 is 5.60. The van der Waals surface area contributed by atoms with Gasteiger partial charge < -0.3 is 4.42 Å². The first-order chi connectivity index (χ1) is 6.77. The second kappa shape index (κ2) is 5.84. The second-order valence-corrected chi connectivity index (χ2v) is 3.81. The first-order valence-corrected chi connectivity index (χ1v) is 5.73. The fourth-order valence-electron chi connectivity index (χ4n) is 1.58. The van der Waals surface area contributed by atoms with Crippen LogP contribution in [0.5, 0.6) is 0 Å². The number of hydrogen-bond acceptors (Lipinski definition) is 2. The van der Waals surface area contributed by atoms with E-state index < -0.39 is 0 Å². The van der Waals surface area contributed by atoms with Gasteiger partial charge in [0.05, 0.1) is 5.69 Å². The monoisotopic (exact) mass is 195 g/mol. The van der Waals surface area contributed by atoms with Crippen LogP contribution < -0.4 is 0 Å². The minimum absolute atomic E-state index is 0.821. The molecule has 0 radical (unpaired) electrons. The Balaban J connectivity index is 2.60. The van der Waals surface area contributed by atoms with Gasteiger partial charge in [-0.05, 0) is 19.3 Å². The van der Waals surface area contributed by atoms with Crippen LogP contribution in [-0.4, -0.2) is 4.98 Å². The van der Waals surface area contributed by atoms with Gasteiger partial charge in [-0.1, -0.05) is 26.7 Å². The molecule has 0 aliphatic rings. The lowest BCUT2D eigenvalue weighted by atomic mass is 10.1. The largest absolute Gasteiger partial charge is 0.446 e. The van der Waals surface area contributed by atoms with Crippen LogP contribution >= 0.6 is 0 Å². The molecule has 0 aliphatic heterocycles.